The van der Waals surface area contributed by atoms with Crippen molar-refractivity contribution in [2.45, 2.75) is 50.8 Å². The van der Waals surface area contributed by atoms with Crippen LogP contribution >= 0.6 is 0 Å². The maximum atomic E-state index is 12.9. The van der Waals surface area contributed by atoms with Gasteiger partial charge in [0, 0.05) is 26.2 Å². The Balaban J connectivity index is 1.59. The van der Waals surface area contributed by atoms with E-state index in [9.17, 15) is 18.0 Å². The molecule has 2 aliphatic rings. The topological polar surface area (TPSA) is 84.0 Å². The predicted octanol–water partition coefficient (Wildman–Crippen LogP) is 2.91. The molecular weight excluding hydrogens is 404 g/mol. The summed E-state index contributed by atoms with van der Waals surface area (Å²) >= 11 is 0. The maximum Gasteiger partial charge on any atom is 0.338 e. The minimum atomic E-state index is -3.59. The van der Waals surface area contributed by atoms with Crippen LogP contribution < -0.4 is 0 Å². The molecule has 1 aromatic carbocycles. The van der Waals surface area contributed by atoms with Gasteiger partial charge < -0.3 is 9.64 Å². The number of piperidine rings is 1. The molecular formula is C22H32N2O5S. The highest BCUT2D eigenvalue weighted by molar-refractivity contribution is 7.89. The Hall–Kier alpha value is -1.93. The molecule has 0 bridgehead atoms. The number of ether oxygens (including phenoxy) is 1. The summed E-state index contributed by atoms with van der Waals surface area (Å²) in [5.74, 6) is -0.167. The van der Waals surface area contributed by atoms with Crippen LogP contribution in [0, 0.1) is 11.8 Å². The van der Waals surface area contributed by atoms with Gasteiger partial charge in [0.15, 0.2) is 6.61 Å². The van der Waals surface area contributed by atoms with Gasteiger partial charge in [0.1, 0.15) is 0 Å². The van der Waals surface area contributed by atoms with E-state index in [0.717, 1.165) is 32.1 Å². The molecule has 2 atom stereocenters. The summed E-state index contributed by atoms with van der Waals surface area (Å²) in [4.78, 5) is 26.5. The average Bonchev–Trinajstić information content (AvgIpc) is 3.01. The molecule has 0 radical (unpaired) electrons. The zero-order chi connectivity index (χ0) is 21.7. The van der Waals surface area contributed by atoms with Crippen LogP contribution in [0.5, 0.6) is 0 Å². The summed E-state index contributed by atoms with van der Waals surface area (Å²) in [7, 11) is -3.59. The van der Waals surface area contributed by atoms with Crippen molar-refractivity contribution in [2.24, 2.45) is 11.8 Å². The number of amides is 1. The smallest absolute Gasteiger partial charge is 0.338 e. The molecule has 1 aromatic rings. The van der Waals surface area contributed by atoms with Gasteiger partial charge in [-0.2, -0.15) is 4.31 Å². The van der Waals surface area contributed by atoms with Crippen molar-refractivity contribution in [3.05, 3.63) is 29.8 Å². The van der Waals surface area contributed by atoms with E-state index in [2.05, 4.69) is 13.8 Å². The molecule has 0 saturated carbocycles. The number of carbonyl (C=O) groups is 2. The van der Waals surface area contributed by atoms with Gasteiger partial charge in [0.2, 0.25) is 10.0 Å². The molecule has 8 heteroatoms. The monoisotopic (exact) mass is 436 g/mol. The molecule has 0 spiro atoms. The standard InChI is InChI=1S/C22H32N2O5S/c1-17-13-18(2)15-24(14-17)30(27,28)20-9-7-19(8-10-20)22(26)29-16-21(25)23-11-5-3-4-6-12-23/h7-10,17-18H,3-6,11-16H2,1-2H3. The quantitative estimate of drug-likeness (QED) is 0.663. The third-order valence-corrected chi connectivity index (χ3v) is 7.69. The largest absolute Gasteiger partial charge is 0.452 e. The number of nitrogens with zero attached hydrogens (tertiary/aromatic N) is 2. The fourth-order valence-electron chi connectivity index (χ4n) is 4.34. The summed E-state index contributed by atoms with van der Waals surface area (Å²) in [5.41, 5.74) is 0.234. The molecule has 2 unspecified atom stereocenters. The van der Waals surface area contributed by atoms with E-state index in [0.29, 0.717) is 38.0 Å². The molecule has 2 aliphatic heterocycles. The Morgan fingerprint density at radius 2 is 1.53 bits per heavy atom. The second-order valence-corrected chi connectivity index (χ2v) is 10.6. The number of carbonyl (C=O) groups excluding carboxylic acids is 2. The number of likely N-dealkylation sites (tertiary alicyclic amines) is 1. The minimum absolute atomic E-state index is 0.168. The maximum absolute atomic E-state index is 12.9. The van der Waals surface area contributed by atoms with Gasteiger partial charge in [-0.15, -0.1) is 0 Å². The lowest BCUT2D eigenvalue weighted by molar-refractivity contribution is -0.134. The van der Waals surface area contributed by atoms with Crippen LogP contribution in [-0.2, 0) is 19.6 Å². The van der Waals surface area contributed by atoms with Gasteiger partial charge in [0.05, 0.1) is 10.5 Å². The molecule has 7 nitrogen and oxygen atoms in total. The van der Waals surface area contributed by atoms with Gasteiger partial charge in [0.25, 0.3) is 5.91 Å². The second kappa shape index (κ2) is 9.92. The van der Waals surface area contributed by atoms with Crippen molar-refractivity contribution in [2.75, 3.05) is 32.8 Å². The number of esters is 1. The van der Waals surface area contributed by atoms with Gasteiger partial charge in [-0.1, -0.05) is 26.7 Å². The zero-order valence-electron chi connectivity index (χ0n) is 17.9. The predicted molar refractivity (Wildman–Crippen MR) is 113 cm³/mol. The summed E-state index contributed by atoms with van der Waals surface area (Å²) in [6.45, 7) is 6.26. The van der Waals surface area contributed by atoms with Crippen molar-refractivity contribution in [1.82, 2.24) is 9.21 Å². The van der Waals surface area contributed by atoms with Crippen LogP contribution in [0.3, 0.4) is 0 Å². The first kappa shape index (κ1) is 22.7. The number of rotatable bonds is 5. The molecule has 30 heavy (non-hydrogen) atoms. The normalized spacial score (nSPS) is 23.6. The lowest BCUT2D eigenvalue weighted by atomic mass is 9.94. The van der Waals surface area contributed by atoms with E-state index in [1.54, 1.807) is 4.90 Å². The highest BCUT2D eigenvalue weighted by atomic mass is 32.2. The average molecular weight is 437 g/mol. The van der Waals surface area contributed by atoms with E-state index < -0.39 is 16.0 Å². The number of benzene rings is 1. The Labute approximate surface area is 179 Å². The Kier molecular flexibility index (Phi) is 7.52. The number of hydrogen-bond acceptors (Lipinski definition) is 5. The van der Waals surface area contributed by atoms with Crippen molar-refractivity contribution in [1.29, 1.82) is 0 Å². The van der Waals surface area contributed by atoms with E-state index in [1.807, 2.05) is 0 Å². The van der Waals surface area contributed by atoms with Gasteiger partial charge in [-0.25, -0.2) is 13.2 Å². The molecule has 0 aliphatic carbocycles. The van der Waals surface area contributed by atoms with E-state index in [1.165, 1.54) is 28.6 Å². The number of hydrogen-bond donors (Lipinski definition) is 0. The molecule has 3 rings (SSSR count). The van der Waals surface area contributed by atoms with E-state index in [-0.39, 0.29) is 23.0 Å². The molecule has 1 amide bonds. The Morgan fingerprint density at radius 3 is 2.10 bits per heavy atom. The highest BCUT2D eigenvalue weighted by Gasteiger charge is 2.31. The van der Waals surface area contributed by atoms with E-state index >= 15 is 0 Å². The third kappa shape index (κ3) is 5.60. The molecule has 166 valence electrons. The SMILES string of the molecule is CC1CC(C)CN(S(=O)(=O)c2ccc(C(=O)OCC(=O)N3CCCCCC3)cc2)C1. The first-order valence-electron chi connectivity index (χ1n) is 10.8. The first-order chi connectivity index (χ1) is 14.3. The lowest BCUT2D eigenvalue weighted by Gasteiger charge is -2.34. The fraction of sp³-hybridized carbons (Fsp3) is 0.636. The summed E-state index contributed by atoms with van der Waals surface area (Å²) < 4.78 is 32.6. The second-order valence-electron chi connectivity index (χ2n) is 8.66. The van der Waals surface area contributed by atoms with Crippen molar-refractivity contribution in [3.8, 4) is 0 Å². The summed E-state index contributed by atoms with van der Waals surface area (Å²) in [6.07, 6.45) is 5.21. The fourth-order valence-corrected chi connectivity index (χ4v) is 6.02. The van der Waals surface area contributed by atoms with Crippen molar-refractivity contribution in [3.63, 3.8) is 0 Å². The van der Waals surface area contributed by atoms with Crippen molar-refractivity contribution < 1.29 is 22.7 Å². The molecule has 2 saturated heterocycles. The summed E-state index contributed by atoms with van der Waals surface area (Å²) in [6, 6.07) is 5.77. The van der Waals surface area contributed by atoms with Crippen LogP contribution in [0.15, 0.2) is 29.2 Å². The third-order valence-electron chi connectivity index (χ3n) is 5.85. The molecule has 0 N–H and O–H groups in total. The van der Waals surface area contributed by atoms with Gasteiger partial charge >= 0.3 is 5.97 Å². The van der Waals surface area contributed by atoms with Crippen LogP contribution in [0.2, 0.25) is 0 Å². The number of sulfonamides is 1. The van der Waals surface area contributed by atoms with Crippen LogP contribution in [0.4, 0.5) is 0 Å². The Morgan fingerprint density at radius 1 is 0.967 bits per heavy atom. The molecule has 2 fully saturated rings. The summed E-state index contributed by atoms with van der Waals surface area (Å²) in [5, 5.41) is 0. The molecule has 0 aromatic heterocycles. The zero-order valence-corrected chi connectivity index (χ0v) is 18.7. The van der Waals surface area contributed by atoms with Crippen molar-refractivity contribution >= 4 is 21.9 Å². The Bertz CT molecular complexity index is 835. The van der Waals surface area contributed by atoms with E-state index in [4.69, 9.17) is 4.74 Å². The van der Waals surface area contributed by atoms with Crippen LogP contribution in [0.25, 0.3) is 0 Å². The first-order valence-corrected chi connectivity index (χ1v) is 12.3. The van der Waals surface area contributed by atoms with Crippen LogP contribution in [-0.4, -0.2) is 62.3 Å². The molecule has 2 heterocycles. The van der Waals surface area contributed by atoms with Gasteiger partial charge in [-0.05, 0) is 55.4 Å². The van der Waals surface area contributed by atoms with Gasteiger partial charge in [-0.3, -0.25) is 4.79 Å². The highest BCUT2D eigenvalue weighted by Crippen LogP contribution is 2.26. The lowest BCUT2D eigenvalue weighted by Crippen LogP contribution is -2.42. The minimum Gasteiger partial charge on any atom is -0.452 e. The van der Waals surface area contributed by atoms with Crippen LogP contribution in [0.1, 0.15) is 56.3 Å².